The predicted molar refractivity (Wildman–Crippen MR) is 78.1 cm³/mol. The van der Waals surface area contributed by atoms with Crippen LogP contribution in [0.4, 0.5) is 10.1 Å². The van der Waals surface area contributed by atoms with E-state index in [2.05, 4.69) is 40.3 Å². The van der Waals surface area contributed by atoms with E-state index in [9.17, 15) is 4.39 Å². The number of hydrogen-bond donors (Lipinski definition) is 1. The minimum absolute atomic E-state index is 0.0965. The molecule has 0 radical (unpaired) electrons. The van der Waals surface area contributed by atoms with E-state index in [4.69, 9.17) is 0 Å². The average Bonchev–Trinajstić information content (AvgIpc) is 2.69. The molecule has 1 N–H and O–H groups in total. The second-order valence-corrected chi connectivity index (χ2v) is 5.11. The van der Waals surface area contributed by atoms with E-state index in [1.165, 1.54) is 17.4 Å². The van der Waals surface area contributed by atoms with Crippen LogP contribution in [0.15, 0.2) is 42.7 Å². The van der Waals surface area contributed by atoms with Gasteiger partial charge in [-0.3, -0.25) is 4.98 Å². The minimum atomic E-state index is -0.282. The fourth-order valence-corrected chi connectivity index (χ4v) is 2.72. The highest BCUT2D eigenvalue weighted by atomic mass is 19.1. The van der Waals surface area contributed by atoms with Crippen molar-refractivity contribution < 1.29 is 4.39 Å². The number of nitrogens with one attached hydrogen (secondary N) is 1. The van der Waals surface area contributed by atoms with Crippen LogP contribution in [-0.4, -0.2) is 18.1 Å². The summed E-state index contributed by atoms with van der Waals surface area (Å²) >= 11 is 0. The van der Waals surface area contributed by atoms with E-state index in [-0.39, 0.29) is 11.9 Å². The van der Waals surface area contributed by atoms with E-state index in [0.717, 1.165) is 25.2 Å². The molecule has 0 bridgehead atoms. The quantitative estimate of drug-likeness (QED) is 0.910. The molecule has 2 aromatic rings. The number of pyridine rings is 1. The molecule has 1 aliphatic rings. The summed E-state index contributed by atoms with van der Waals surface area (Å²) in [6.45, 7) is 4.79. The van der Waals surface area contributed by atoms with Crippen molar-refractivity contribution in [2.45, 2.75) is 19.5 Å². The maximum atomic E-state index is 13.4. The molecule has 20 heavy (non-hydrogen) atoms. The summed E-state index contributed by atoms with van der Waals surface area (Å²) in [5.41, 5.74) is 3.40. The molecular weight excluding hydrogens is 253 g/mol. The summed E-state index contributed by atoms with van der Waals surface area (Å²) in [5, 5.41) is 3.42. The molecule has 0 aliphatic carbocycles. The average molecular weight is 271 g/mol. The number of halogens is 1. The van der Waals surface area contributed by atoms with E-state index >= 15 is 0 Å². The first-order valence-electron chi connectivity index (χ1n) is 6.91. The van der Waals surface area contributed by atoms with Gasteiger partial charge in [0.1, 0.15) is 5.82 Å². The summed E-state index contributed by atoms with van der Waals surface area (Å²) in [5.74, 6) is -0.282. The Morgan fingerprint density at radius 3 is 3.00 bits per heavy atom. The first kappa shape index (κ1) is 13.1. The highest BCUT2D eigenvalue weighted by Gasteiger charge is 2.21. The fourth-order valence-electron chi connectivity index (χ4n) is 2.72. The maximum Gasteiger partial charge on any atom is 0.141 e. The number of para-hydroxylation sites is 1. The van der Waals surface area contributed by atoms with Crippen LogP contribution in [0.1, 0.15) is 24.1 Å². The van der Waals surface area contributed by atoms with E-state index in [1.807, 2.05) is 6.07 Å². The lowest BCUT2D eigenvalue weighted by Gasteiger charge is -2.31. The number of aromatic nitrogens is 1. The molecular formula is C16H18FN3. The van der Waals surface area contributed by atoms with Crippen LogP contribution >= 0.6 is 0 Å². The topological polar surface area (TPSA) is 28.2 Å². The highest BCUT2D eigenvalue weighted by molar-refractivity contribution is 5.56. The van der Waals surface area contributed by atoms with Crippen LogP contribution in [0.3, 0.4) is 0 Å². The molecule has 0 saturated heterocycles. The number of anilines is 1. The summed E-state index contributed by atoms with van der Waals surface area (Å²) < 4.78 is 13.4. The van der Waals surface area contributed by atoms with Crippen molar-refractivity contribution in [3.8, 4) is 0 Å². The molecule has 1 aliphatic heterocycles. The van der Waals surface area contributed by atoms with Gasteiger partial charge in [0.05, 0.1) is 12.2 Å². The third kappa shape index (κ3) is 2.51. The zero-order valence-corrected chi connectivity index (χ0v) is 11.5. The molecule has 0 saturated carbocycles. The third-order valence-corrected chi connectivity index (χ3v) is 3.82. The van der Waals surface area contributed by atoms with Crippen LogP contribution in [-0.2, 0) is 6.54 Å². The van der Waals surface area contributed by atoms with Crippen LogP contribution in [0.5, 0.6) is 0 Å². The van der Waals surface area contributed by atoms with Gasteiger partial charge >= 0.3 is 0 Å². The largest absolute Gasteiger partial charge is 0.363 e. The molecule has 3 rings (SSSR count). The zero-order valence-electron chi connectivity index (χ0n) is 11.5. The molecule has 2 heterocycles. The summed E-state index contributed by atoms with van der Waals surface area (Å²) in [6.07, 6.45) is 2.99. The molecule has 0 spiro atoms. The SMILES string of the molecule is CC(c1cncc(F)c1)N1CCNCc2ccccc21. The van der Waals surface area contributed by atoms with Gasteiger partial charge in [-0.05, 0) is 30.2 Å². The summed E-state index contributed by atoms with van der Waals surface area (Å²) in [4.78, 5) is 6.27. The van der Waals surface area contributed by atoms with Crippen molar-refractivity contribution >= 4 is 5.69 Å². The summed E-state index contributed by atoms with van der Waals surface area (Å²) in [6, 6.07) is 10.0. The Kier molecular flexibility index (Phi) is 3.65. The van der Waals surface area contributed by atoms with Gasteiger partial charge in [-0.25, -0.2) is 4.39 Å². The molecule has 104 valence electrons. The van der Waals surface area contributed by atoms with Gasteiger partial charge in [-0.2, -0.15) is 0 Å². The number of hydrogen-bond acceptors (Lipinski definition) is 3. The van der Waals surface area contributed by atoms with E-state index in [0.29, 0.717) is 0 Å². The molecule has 1 atom stereocenters. The fraction of sp³-hybridized carbons (Fsp3) is 0.312. The second kappa shape index (κ2) is 5.59. The minimum Gasteiger partial charge on any atom is -0.363 e. The van der Waals surface area contributed by atoms with Gasteiger partial charge in [-0.1, -0.05) is 18.2 Å². The Balaban J connectivity index is 1.97. The van der Waals surface area contributed by atoms with Crippen molar-refractivity contribution in [3.05, 3.63) is 59.7 Å². The van der Waals surface area contributed by atoms with E-state index in [1.54, 1.807) is 12.3 Å². The van der Waals surface area contributed by atoms with Gasteiger partial charge in [0, 0.05) is 31.5 Å². The van der Waals surface area contributed by atoms with Crippen molar-refractivity contribution in [1.82, 2.24) is 10.3 Å². The number of rotatable bonds is 2. The standard InChI is InChI=1S/C16H18FN3/c1-12(14-8-15(17)11-19-10-14)20-7-6-18-9-13-4-2-3-5-16(13)20/h2-5,8,10-12,18H,6-7,9H2,1H3. The summed E-state index contributed by atoms with van der Waals surface area (Å²) in [7, 11) is 0. The maximum absolute atomic E-state index is 13.4. The molecule has 1 aromatic heterocycles. The zero-order chi connectivity index (χ0) is 13.9. The van der Waals surface area contributed by atoms with Crippen molar-refractivity contribution in [1.29, 1.82) is 0 Å². The van der Waals surface area contributed by atoms with Crippen LogP contribution < -0.4 is 10.2 Å². The van der Waals surface area contributed by atoms with Crippen molar-refractivity contribution in [2.24, 2.45) is 0 Å². The Morgan fingerprint density at radius 1 is 1.30 bits per heavy atom. The van der Waals surface area contributed by atoms with Crippen LogP contribution in [0.2, 0.25) is 0 Å². The van der Waals surface area contributed by atoms with E-state index < -0.39 is 0 Å². The van der Waals surface area contributed by atoms with Crippen LogP contribution in [0.25, 0.3) is 0 Å². The first-order valence-corrected chi connectivity index (χ1v) is 6.91. The van der Waals surface area contributed by atoms with Gasteiger partial charge in [-0.15, -0.1) is 0 Å². The molecule has 1 unspecified atom stereocenters. The lowest BCUT2D eigenvalue weighted by Crippen LogP contribution is -2.31. The van der Waals surface area contributed by atoms with Gasteiger partial charge < -0.3 is 10.2 Å². The highest BCUT2D eigenvalue weighted by Crippen LogP contribution is 2.30. The lowest BCUT2D eigenvalue weighted by molar-refractivity contribution is 0.603. The monoisotopic (exact) mass is 271 g/mol. The Labute approximate surface area is 118 Å². The first-order chi connectivity index (χ1) is 9.75. The molecule has 1 aromatic carbocycles. The van der Waals surface area contributed by atoms with Crippen molar-refractivity contribution in [3.63, 3.8) is 0 Å². The molecule has 0 fully saturated rings. The number of fused-ring (bicyclic) bond motifs is 1. The Hall–Kier alpha value is -1.94. The van der Waals surface area contributed by atoms with Gasteiger partial charge in [0.15, 0.2) is 0 Å². The smallest absolute Gasteiger partial charge is 0.141 e. The normalized spacial score (nSPS) is 16.4. The molecule has 3 nitrogen and oxygen atoms in total. The molecule has 4 heteroatoms. The Morgan fingerprint density at radius 2 is 2.15 bits per heavy atom. The number of nitrogens with zero attached hydrogens (tertiary/aromatic N) is 2. The van der Waals surface area contributed by atoms with Gasteiger partial charge in [0.25, 0.3) is 0 Å². The second-order valence-electron chi connectivity index (χ2n) is 5.11. The van der Waals surface area contributed by atoms with Crippen molar-refractivity contribution in [2.75, 3.05) is 18.0 Å². The Bertz CT molecular complexity index is 600. The number of benzene rings is 1. The predicted octanol–water partition coefficient (Wildman–Crippen LogP) is 2.89. The van der Waals surface area contributed by atoms with Gasteiger partial charge in [0.2, 0.25) is 0 Å². The third-order valence-electron chi connectivity index (χ3n) is 3.82. The van der Waals surface area contributed by atoms with Crippen LogP contribution in [0, 0.1) is 5.82 Å². The molecule has 0 amide bonds. The lowest BCUT2D eigenvalue weighted by atomic mass is 10.1.